The largest absolute Gasteiger partial charge is 0.494 e. The van der Waals surface area contributed by atoms with Crippen molar-refractivity contribution < 1.29 is 19.1 Å². The fourth-order valence-electron chi connectivity index (χ4n) is 2.45. The summed E-state index contributed by atoms with van der Waals surface area (Å²) in [5, 5.41) is 2.82. The Hall–Kier alpha value is -2.82. The molecule has 0 atom stereocenters. The number of ketones is 1. The van der Waals surface area contributed by atoms with Gasteiger partial charge in [-0.3, -0.25) is 9.59 Å². The number of anilines is 1. The van der Waals surface area contributed by atoms with E-state index in [1.54, 1.807) is 30.3 Å². The van der Waals surface area contributed by atoms with Crippen LogP contribution in [-0.4, -0.2) is 24.9 Å². The summed E-state index contributed by atoms with van der Waals surface area (Å²) in [6, 6.07) is 14.3. The van der Waals surface area contributed by atoms with E-state index in [-0.39, 0.29) is 24.5 Å². The Balaban J connectivity index is 1.85. The first kappa shape index (κ1) is 20.5. The van der Waals surface area contributed by atoms with Gasteiger partial charge in [0, 0.05) is 18.4 Å². The van der Waals surface area contributed by atoms with Crippen LogP contribution in [0, 0.1) is 0 Å². The highest BCUT2D eigenvalue weighted by Gasteiger charge is 2.12. The molecule has 2 rings (SSSR count). The van der Waals surface area contributed by atoms with Crippen molar-refractivity contribution in [3.05, 3.63) is 54.1 Å². The SMILES string of the molecule is CCCOc1ccc(C(=O)CCC(=O)Nc2ccccc2OCCC)cc1. The molecule has 1 N–H and O–H groups in total. The lowest BCUT2D eigenvalue weighted by molar-refractivity contribution is -0.116. The van der Waals surface area contributed by atoms with Gasteiger partial charge < -0.3 is 14.8 Å². The number of rotatable bonds is 11. The molecule has 5 heteroatoms. The molecule has 0 saturated carbocycles. The summed E-state index contributed by atoms with van der Waals surface area (Å²) in [4.78, 5) is 24.5. The molecule has 0 unspecified atom stereocenters. The van der Waals surface area contributed by atoms with E-state index in [0.29, 0.717) is 30.2 Å². The van der Waals surface area contributed by atoms with Crippen molar-refractivity contribution in [1.29, 1.82) is 0 Å². The van der Waals surface area contributed by atoms with Crippen molar-refractivity contribution in [1.82, 2.24) is 0 Å². The van der Waals surface area contributed by atoms with Crippen LogP contribution in [0.3, 0.4) is 0 Å². The lowest BCUT2D eigenvalue weighted by Gasteiger charge is -2.11. The van der Waals surface area contributed by atoms with Crippen LogP contribution in [0.2, 0.25) is 0 Å². The summed E-state index contributed by atoms with van der Waals surface area (Å²) in [5.74, 6) is 1.11. The topological polar surface area (TPSA) is 64.6 Å². The maximum atomic E-state index is 12.3. The third-order valence-corrected chi connectivity index (χ3v) is 3.85. The number of hydrogen-bond acceptors (Lipinski definition) is 4. The molecule has 2 aromatic carbocycles. The monoisotopic (exact) mass is 369 g/mol. The van der Waals surface area contributed by atoms with Crippen LogP contribution >= 0.6 is 0 Å². The van der Waals surface area contributed by atoms with Crippen LogP contribution in [0.5, 0.6) is 11.5 Å². The van der Waals surface area contributed by atoms with E-state index in [0.717, 1.165) is 18.6 Å². The molecule has 1 amide bonds. The molecule has 0 spiro atoms. The molecule has 0 aliphatic rings. The van der Waals surface area contributed by atoms with Crippen LogP contribution in [0.15, 0.2) is 48.5 Å². The maximum absolute atomic E-state index is 12.3. The van der Waals surface area contributed by atoms with E-state index in [2.05, 4.69) is 5.32 Å². The number of amides is 1. The molecule has 27 heavy (non-hydrogen) atoms. The second-order valence-corrected chi connectivity index (χ2v) is 6.19. The molecule has 144 valence electrons. The molecule has 0 heterocycles. The fourth-order valence-corrected chi connectivity index (χ4v) is 2.45. The summed E-state index contributed by atoms with van der Waals surface area (Å²) in [6.07, 6.45) is 2.09. The quantitative estimate of drug-likeness (QED) is 0.574. The van der Waals surface area contributed by atoms with Gasteiger partial charge in [-0.05, 0) is 49.2 Å². The number of benzene rings is 2. The first-order valence-corrected chi connectivity index (χ1v) is 9.41. The molecule has 0 aliphatic heterocycles. The molecule has 0 radical (unpaired) electrons. The van der Waals surface area contributed by atoms with E-state index >= 15 is 0 Å². The summed E-state index contributed by atoms with van der Waals surface area (Å²) < 4.78 is 11.1. The van der Waals surface area contributed by atoms with Gasteiger partial charge in [-0.15, -0.1) is 0 Å². The summed E-state index contributed by atoms with van der Waals surface area (Å²) in [5.41, 5.74) is 1.21. The predicted molar refractivity (Wildman–Crippen MR) is 107 cm³/mol. The first-order valence-electron chi connectivity index (χ1n) is 9.41. The Labute approximate surface area is 160 Å². The van der Waals surface area contributed by atoms with Crippen molar-refractivity contribution in [3.8, 4) is 11.5 Å². The number of ether oxygens (including phenoxy) is 2. The van der Waals surface area contributed by atoms with Crippen molar-refractivity contribution >= 4 is 17.4 Å². The number of Topliss-reactive ketones (excluding diaryl/α,β-unsaturated/α-hetero) is 1. The Kier molecular flexibility index (Phi) is 8.36. The van der Waals surface area contributed by atoms with Crippen LogP contribution in [0.25, 0.3) is 0 Å². The lowest BCUT2D eigenvalue weighted by Crippen LogP contribution is -2.14. The van der Waals surface area contributed by atoms with Crippen LogP contribution in [-0.2, 0) is 4.79 Å². The van der Waals surface area contributed by atoms with Crippen molar-refractivity contribution in [2.24, 2.45) is 0 Å². The highest BCUT2D eigenvalue weighted by molar-refractivity contribution is 6.00. The highest BCUT2D eigenvalue weighted by Crippen LogP contribution is 2.24. The normalized spacial score (nSPS) is 10.3. The summed E-state index contributed by atoms with van der Waals surface area (Å²) in [7, 11) is 0. The minimum absolute atomic E-state index is 0.0669. The zero-order valence-corrected chi connectivity index (χ0v) is 16.0. The van der Waals surface area contributed by atoms with Gasteiger partial charge >= 0.3 is 0 Å². The fraction of sp³-hybridized carbons (Fsp3) is 0.364. The van der Waals surface area contributed by atoms with Gasteiger partial charge in [0.1, 0.15) is 11.5 Å². The van der Waals surface area contributed by atoms with E-state index in [9.17, 15) is 9.59 Å². The van der Waals surface area contributed by atoms with E-state index < -0.39 is 0 Å². The molecule has 5 nitrogen and oxygen atoms in total. The Bertz CT molecular complexity index is 740. The van der Waals surface area contributed by atoms with Gasteiger partial charge in [0.05, 0.1) is 18.9 Å². The lowest BCUT2D eigenvalue weighted by atomic mass is 10.1. The summed E-state index contributed by atoms with van der Waals surface area (Å²) in [6.45, 7) is 5.30. The second-order valence-electron chi connectivity index (χ2n) is 6.19. The van der Waals surface area contributed by atoms with Crippen molar-refractivity contribution in [2.45, 2.75) is 39.5 Å². The average Bonchev–Trinajstić information content (AvgIpc) is 2.70. The molecule has 0 saturated heterocycles. The smallest absolute Gasteiger partial charge is 0.224 e. The predicted octanol–water partition coefficient (Wildman–Crippen LogP) is 4.87. The number of hydrogen-bond donors (Lipinski definition) is 1. The molecule has 0 aromatic heterocycles. The first-order chi connectivity index (χ1) is 13.1. The average molecular weight is 369 g/mol. The number of carbonyl (C=O) groups excluding carboxylic acids is 2. The van der Waals surface area contributed by atoms with Gasteiger partial charge in [0.15, 0.2) is 5.78 Å². The van der Waals surface area contributed by atoms with Crippen molar-refractivity contribution in [3.63, 3.8) is 0 Å². The van der Waals surface area contributed by atoms with Gasteiger partial charge in [-0.1, -0.05) is 26.0 Å². The number of para-hydroxylation sites is 2. The van der Waals surface area contributed by atoms with Gasteiger partial charge in [0.25, 0.3) is 0 Å². The van der Waals surface area contributed by atoms with E-state index in [4.69, 9.17) is 9.47 Å². The Morgan fingerprint density at radius 3 is 2.22 bits per heavy atom. The van der Waals surface area contributed by atoms with Gasteiger partial charge in [-0.25, -0.2) is 0 Å². The standard InChI is InChI=1S/C22H27NO4/c1-3-15-26-18-11-9-17(10-12-18)20(24)13-14-22(25)23-19-7-5-6-8-21(19)27-16-4-2/h5-12H,3-4,13-16H2,1-2H3,(H,23,25). The van der Waals surface area contributed by atoms with Gasteiger partial charge in [0.2, 0.25) is 5.91 Å². The van der Waals surface area contributed by atoms with E-state index in [1.807, 2.05) is 32.0 Å². The minimum Gasteiger partial charge on any atom is -0.494 e. The van der Waals surface area contributed by atoms with E-state index in [1.165, 1.54) is 0 Å². The number of nitrogens with one attached hydrogen (secondary N) is 1. The molecule has 2 aromatic rings. The zero-order valence-electron chi connectivity index (χ0n) is 16.0. The maximum Gasteiger partial charge on any atom is 0.224 e. The number of carbonyl (C=O) groups is 2. The molecule has 0 fully saturated rings. The van der Waals surface area contributed by atoms with Crippen molar-refractivity contribution in [2.75, 3.05) is 18.5 Å². The second kappa shape index (κ2) is 11.0. The zero-order chi connectivity index (χ0) is 19.5. The summed E-state index contributed by atoms with van der Waals surface area (Å²) >= 11 is 0. The van der Waals surface area contributed by atoms with Gasteiger partial charge in [-0.2, -0.15) is 0 Å². The van der Waals surface area contributed by atoms with Crippen LogP contribution < -0.4 is 14.8 Å². The van der Waals surface area contributed by atoms with Crippen LogP contribution in [0.4, 0.5) is 5.69 Å². The molecular formula is C22H27NO4. The van der Waals surface area contributed by atoms with Crippen LogP contribution in [0.1, 0.15) is 49.9 Å². The molecule has 0 aliphatic carbocycles. The molecule has 0 bridgehead atoms. The Morgan fingerprint density at radius 1 is 0.852 bits per heavy atom. The third kappa shape index (κ3) is 6.77. The third-order valence-electron chi connectivity index (χ3n) is 3.85. The molecular weight excluding hydrogens is 342 g/mol. The highest BCUT2D eigenvalue weighted by atomic mass is 16.5. The minimum atomic E-state index is -0.209. The Morgan fingerprint density at radius 2 is 1.52 bits per heavy atom.